The summed E-state index contributed by atoms with van der Waals surface area (Å²) in [5, 5.41) is 10.6. The summed E-state index contributed by atoms with van der Waals surface area (Å²) in [5.41, 5.74) is 1.39. The Morgan fingerprint density at radius 2 is 1.53 bits per heavy atom. The maximum atomic E-state index is 9.25. The number of rotatable bonds is 4. The second-order valence-electron chi connectivity index (χ2n) is 3.89. The van der Waals surface area contributed by atoms with E-state index in [2.05, 4.69) is 0 Å². The van der Waals surface area contributed by atoms with Gasteiger partial charge < -0.3 is 9.84 Å². The zero-order valence-corrected chi connectivity index (χ0v) is 12.1. The Bertz CT molecular complexity index is 585. The molecule has 2 aromatic rings. The molecule has 1 N–H and O–H groups in total. The number of para-hydroxylation sites is 1. The van der Waals surface area contributed by atoms with Crippen molar-refractivity contribution in [3.8, 4) is 5.75 Å². The summed E-state index contributed by atoms with van der Waals surface area (Å²) in [6, 6.07) is 10.5. The highest BCUT2D eigenvalue weighted by molar-refractivity contribution is 6.42. The van der Waals surface area contributed by atoms with E-state index in [4.69, 9.17) is 39.5 Å². The van der Waals surface area contributed by atoms with E-state index in [0.29, 0.717) is 26.4 Å². The molecule has 0 unspecified atom stereocenters. The van der Waals surface area contributed by atoms with E-state index in [1.165, 1.54) is 0 Å². The lowest BCUT2D eigenvalue weighted by molar-refractivity contribution is 0.259. The summed E-state index contributed by atoms with van der Waals surface area (Å²) >= 11 is 18.1. The summed E-state index contributed by atoms with van der Waals surface area (Å²) in [4.78, 5) is 0. The molecule has 0 atom stereocenters. The number of hydrogen-bond acceptors (Lipinski definition) is 2. The molecule has 0 aliphatic rings. The third kappa shape index (κ3) is 3.34. The largest absolute Gasteiger partial charge is 0.487 e. The third-order valence-corrected chi connectivity index (χ3v) is 3.78. The van der Waals surface area contributed by atoms with Crippen LogP contribution in [0.1, 0.15) is 11.1 Å². The highest BCUT2D eigenvalue weighted by Crippen LogP contribution is 2.31. The maximum Gasteiger partial charge on any atom is 0.143 e. The van der Waals surface area contributed by atoms with E-state index in [9.17, 15) is 5.11 Å². The number of hydrogen-bond donors (Lipinski definition) is 1. The smallest absolute Gasteiger partial charge is 0.143 e. The second kappa shape index (κ2) is 6.49. The Morgan fingerprint density at radius 1 is 0.895 bits per heavy atom. The van der Waals surface area contributed by atoms with Crippen LogP contribution in [-0.4, -0.2) is 5.11 Å². The minimum absolute atomic E-state index is 0.140. The molecule has 5 heteroatoms. The molecule has 0 bridgehead atoms. The van der Waals surface area contributed by atoms with Gasteiger partial charge in [0.2, 0.25) is 0 Å². The molecule has 2 nitrogen and oxygen atoms in total. The first-order valence-corrected chi connectivity index (χ1v) is 6.71. The molecule has 0 fully saturated rings. The van der Waals surface area contributed by atoms with Crippen molar-refractivity contribution in [2.45, 2.75) is 13.2 Å². The number of aliphatic hydroxyl groups excluding tert-OH is 1. The van der Waals surface area contributed by atoms with E-state index >= 15 is 0 Å². The van der Waals surface area contributed by atoms with Crippen LogP contribution in [0.25, 0.3) is 0 Å². The molecule has 0 saturated carbocycles. The first kappa shape index (κ1) is 14.5. The predicted octanol–water partition coefficient (Wildman–Crippen LogP) is 4.72. The van der Waals surface area contributed by atoms with Crippen molar-refractivity contribution in [1.29, 1.82) is 0 Å². The topological polar surface area (TPSA) is 29.5 Å². The maximum absolute atomic E-state index is 9.25. The van der Waals surface area contributed by atoms with Gasteiger partial charge >= 0.3 is 0 Å². The van der Waals surface area contributed by atoms with Gasteiger partial charge in [0, 0.05) is 11.1 Å². The van der Waals surface area contributed by atoms with Crippen LogP contribution >= 0.6 is 34.8 Å². The SMILES string of the molecule is OCc1cccc(Cl)c1OCc1cccc(Cl)c1Cl. The van der Waals surface area contributed by atoms with E-state index in [1.54, 1.807) is 30.3 Å². The summed E-state index contributed by atoms with van der Waals surface area (Å²) in [6.45, 7) is 0.0926. The van der Waals surface area contributed by atoms with Gasteiger partial charge in [0.1, 0.15) is 12.4 Å². The Labute approximate surface area is 126 Å². The summed E-state index contributed by atoms with van der Waals surface area (Å²) in [5.74, 6) is 0.461. The van der Waals surface area contributed by atoms with Gasteiger partial charge in [-0.1, -0.05) is 59.1 Å². The molecule has 0 aliphatic carbocycles. The molecule has 2 rings (SSSR count). The van der Waals surface area contributed by atoms with Crippen LogP contribution in [0.15, 0.2) is 36.4 Å². The normalized spacial score (nSPS) is 10.5. The van der Waals surface area contributed by atoms with Crippen molar-refractivity contribution in [1.82, 2.24) is 0 Å². The third-order valence-electron chi connectivity index (χ3n) is 2.62. The predicted molar refractivity (Wildman–Crippen MR) is 78.2 cm³/mol. The van der Waals surface area contributed by atoms with Gasteiger partial charge in [0.05, 0.1) is 21.7 Å². The number of benzene rings is 2. The van der Waals surface area contributed by atoms with Crippen molar-refractivity contribution in [3.63, 3.8) is 0 Å². The second-order valence-corrected chi connectivity index (χ2v) is 5.08. The molecule has 0 heterocycles. The standard InChI is InChI=1S/C14H11Cl3O2/c15-11-5-2-4-10(13(11)17)8-19-14-9(7-18)3-1-6-12(14)16/h1-6,18H,7-8H2. The Balaban J connectivity index is 2.21. The minimum atomic E-state index is -0.140. The lowest BCUT2D eigenvalue weighted by Gasteiger charge is -2.13. The minimum Gasteiger partial charge on any atom is -0.487 e. The molecule has 0 spiro atoms. The van der Waals surface area contributed by atoms with Crippen LogP contribution in [0.4, 0.5) is 0 Å². The van der Waals surface area contributed by atoms with Gasteiger partial charge in [-0.3, -0.25) is 0 Å². The van der Waals surface area contributed by atoms with E-state index in [0.717, 1.165) is 5.56 Å². The molecule has 0 aliphatic heterocycles. The fraction of sp³-hybridized carbons (Fsp3) is 0.143. The van der Waals surface area contributed by atoms with Crippen molar-refractivity contribution in [2.24, 2.45) is 0 Å². The van der Waals surface area contributed by atoms with Crippen LogP contribution in [0.3, 0.4) is 0 Å². The van der Waals surface area contributed by atoms with Crippen molar-refractivity contribution in [2.75, 3.05) is 0 Å². The van der Waals surface area contributed by atoms with Crippen molar-refractivity contribution in [3.05, 3.63) is 62.6 Å². The van der Waals surface area contributed by atoms with Gasteiger partial charge in [-0.05, 0) is 12.1 Å². The van der Waals surface area contributed by atoms with Gasteiger partial charge in [-0.15, -0.1) is 0 Å². The lowest BCUT2D eigenvalue weighted by atomic mass is 10.2. The number of halogens is 3. The van der Waals surface area contributed by atoms with Gasteiger partial charge in [-0.25, -0.2) is 0 Å². The summed E-state index contributed by atoms with van der Waals surface area (Å²) in [6.07, 6.45) is 0. The van der Waals surface area contributed by atoms with Gasteiger partial charge in [-0.2, -0.15) is 0 Å². The quantitative estimate of drug-likeness (QED) is 0.884. The van der Waals surface area contributed by atoms with Crippen molar-refractivity contribution >= 4 is 34.8 Å². The highest BCUT2D eigenvalue weighted by atomic mass is 35.5. The zero-order valence-electron chi connectivity index (χ0n) is 9.87. The average molecular weight is 318 g/mol. The Morgan fingerprint density at radius 3 is 2.21 bits per heavy atom. The Hall–Kier alpha value is -0.930. The van der Waals surface area contributed by atoms with Crippen molar-refractivity contribution < 1.29 is 9.84 Å². The first-order chi connectivity index (χ1) is 9.13. The van der Waals surface area contributed by atoms with Gasteiger partial charge in [0.15, 0.2) is 0 Å². The number of aliphatic hydroxyl groups is 1. The molecule has 2 aromatic carbocycles. The fourth-order valence-electron chi connectivity index (χ4n) is 1.65. The average Bonchev–Trinajstić information content (AvgIpc) is 2.41. The number of ether oxygens (including phenoxy) is 1. The van der Waals surface area contributed by atoms with E-state index in [1.807, 2.05) is 6.07 Å². The van der Waals surface area contributed by atoms with E-state index in [-0.39, 0.29) is 13.2 Å². The van der Waals surface area contributed by atoms with E-state index < -0.39 is 0 Å². The fourth-order valence-corrected chi connectivity index (χ4v) is 2.27. The molecule has 0 radical (unpaired) electrons. The molecule has 0 aromatic heterocycles. The monoisotopic (exact) mass is 316 g/mol. The molecular weight excluding hydrogens is 307 g/mol. The highest BCUT2D eigenvalue weighted by Gasteiger charge is 2.10. The zero-order chi connectivity index (χ0) is 13.8. The first-order valence-electron chi connectivity index (χ1n) is 5.57. The van der Waals surface area contributed by atoms with Crippen LogP contribution in [0.5, 0.6) is 5.75 Å². The van der Waals surface area contributed by atoms with Gasteiger partial charge in [0.25, 0.3) is 0 Å². The van der Waals surface area contributed by atoms with Crippen LogP contribution in [0.2, 0.25) is 15.1 Å². The molecule has 19 heavy (non-hydrogen) atoms. The molecular formula is C14H11Cl3O2. The molecule has 0 saturated heterocycles. The molecule has 0 amide bonds. The summed E-state index contributed by atoms with van der Waals surface area (Å²) < 4.78 is 5.65. The lowest BCUT2D eigenvalue weighted by Crippen LogP contribution is -2.00. The van der Waals surface area contributed by atoms with Crippen LogP contribution in [0, 0.1) is 0 Å². The van der Waals surface area contributed by atoms with Crippen LogP contribution in [-0.2, 0) is 13.2 Å². The Kier molecular flexibility index (Phi) is 4.94. The van der Waals surface area contributed by atoms with Crippen LogP contribution < -0.4 is 4.74 Å². The summed E-state index contributed by atoms with van der Waals surface area (Å²) in [7, 11) is 0. The molecule has 100 valence electrons.